The fourth-order valence-corrected chi connectivity index (χ4v) is 6.72. The van der Waals surface area contributed by atoms with Crippen molar-refractivity contribution in [3.05, 3.63) is 75.4 Å². The lowest BCUT2D eigenvalue weighted by Gasteiger charge is -2.31. The molecule has 0 atom stereocenters. The maximum atomic E-state index is 12.8. The first-order valence-corrected chi connectivity index (χ1v) is 14.3. The average molecular weight is 557 g/mol. The second kappa shape index (κ2) is 10.7. The van der Waals surface area contributed by atoms with Crippen LogP contribution in [0.15, 0.2) is 58.9 Å². The summed E-state index contributed by atoms with van der Waals surface area (Å²) >= 11 is 1.07. The SMILES string of the molecule is O=C(NCc1ccc(S(=O)(=O)CC=CN2CCC(n3nnc4ccccc43)CC2)s1)c1cc([N+](=O)[O-])[nH]n1. The van der Waals surface area contributed by atoms with E-state index in [0.717, 1.165) is 54.4 Å². The number of carbonyl (C=O) groups is 1. The van der Waals surface area contributed by atoms with E-state index in [9.17, 15) is 23.3 Å². The third kappa shape index (κ3) is 5.57. The largest absolute Gasteiger partial charge is 0.377 e. The van der Waals surface area contributed by atoms with Crippen LogP contribution in [0.3, 0.4) is 0 Å². The van der Waals surface area contributed by atoms with E-state index in [1.165, 1.54) is 6.07 Å². The molecule has 0 unspecified atom stereocenters. The summed E-state index contributed by atoms with van der Waals surface area (Å²) in [7, 11) is -3.53. The van der Waals surface area contributed by atoms with Crippen LogP contribution >= 0.6 is 11.3 Å². The summed E-state index contributed by atoms with van der Waals surface area (Å²) < 4.78 is 27.8. The summed E-state index contributed by atoms with van der Waals surface area (Å²) in [6.45, 7) is 1.65. The van der Waals surface area contributed by atoms with Crippen LogP contribution in [0.2, 0.25) is 0 Å². The highest BCUT2D eigenvalue weighted by atomic mass is 32.2. The molecule has 0 aliphatic carbocycles. The van der Waals surface area contributed by atoms with Crippen LogP contribution in [0.4, 0.5) is 5.82 Å². The van der Waals surface area contributed by atoms with Crippen LogP contribution in [-0.4, -0.2) is 68.2 Å². The Hall–Kier alpha value is -4.11. The van der Waals surface area contributed by atoms with Gasteiger partial charge in [-0.05, 0) is 48.2 Å². The van der Waals surface area contributed by atoms with Gasteiger partial charge in [-0.15, -0.1) is 21.5 Å². The predicted molar refractivity (Wildman–Crippen MR) is 139 cm³/mol. The fraction of sp³-hybridized carbons (Fsp3) is 0.304. The zero-order valence-electron chi connectivity index (χ0n) is 20.1. The van der Waals surface area contributed by atoms with Crippen LogP contribution in [0.5, 0.6) is 0 Å². The minimum Gasteiger partial charge on any atom is -0.377 e. The van der Waals surface area contributed by atoms with Crippen LogP contribution in [-0.2, 0) is 16.4 Å². The number of nitro groups is 1. The molecule has 0 saturated carbocycles. The standard InChI is InChI=1S/C23H24N8O5S2/c32-23(19-14-21(27-25-19)31(33)34)24-15-17-6-7-22(37-17)38(35,36)13-3-10-29-11-8-16(9-12-29)30-20-5-2-1-4-18(20)26-28-30/h1-7,10,14,16H,8-9,11-13,15H2,(H,24,32)(H,25,27). The normalized spacial score (nSPS) is 14.9. The molecular formula is C23H24N8O5S2. The number of aromatic amines is 1. The third-order valence-electron chi connectivity index (χ3n) is 6.21. The van der Waals surface area contributed by atoms with Crippen molar-refractivity contribution < 1.29 is 18.1 Å². The molecule has 38 heavy (non-hydrogen) atoms. The Balaban J connectivity index is 1.11. The maximum Gasteiger partial charge on any atom is 0.343 e. The smallest absolute Gasteiger partial charge is 0.343 e. The number of benzene rings is 1. The first kappa shape index (κ1) is 25.5. The highest BCUT2D eigenvalue weighted by Gasteiger charge is 2.22. The Bertz CT molecular complexity index is 1600. The summed E-state index contributed by atoms with van der Waals surface area (Å²) in [5.74, 6) is -1.12. The van der Waals surface area contributed by atoms with E-state index in [0.29, 0.717) is 4.88 Å². The Morgan fingerprint density at radius 2 is 2.03 bits per heavy atom. The Kier molecular flexibility index (Phi) is 7.20. The number of aromatic nitrogens is 5. The van der Waals surface area contributed by atoms with Gasteiger partial charge in [0.1, 0.15) is 9.73 Å². The molecule has 1 fully saturated rings. The number of thiophene rings is 1. The monoisotopic (exact) mass is 556 g/mol. The highest BCUT2D eigenvalue weighted by Crippen LogP contribution is 2.26. The number of hydrogen-bond acceptors (Lipinski definition) is 10. The number of amides is 1. The van der Waals surface area contributed by atoms with Crippen LogP contribution < -0.4 is 5.32 Å². The predicted octanol–water partition coefficient (Wildman–Crippen LogP) is 2.68. The molecule has 1 amide bonds. The van der Waals surface area contributed by atoms with E-state index in [1.54, 1.807) is 12.1 Å². The lowest BCUT2D eigenvalue weighted by atomic mass is 10.1. The second-order valence-corrected chi connectivity index (χ2v) is 12.2. The van der Waals surface area contributed by atoms with Gasteiger partial charge in [-0.2, -0.15) is 0 Å². The van der Waals surface area contributed by atoms with Gasteiger partial charge in [-0.25, -0.2) is 13.1 Å². The Labute approximate surface area is 221 Å². The summed E-state index contributed by atoms with van der Waals surface area (Å²) in [5.41, 5.74) is 1.78. The second-order valence-electron chi connectivity index (χ2n) is 8.76. The van der Waals surface area contributed by atoms with Gasteiger partial charge in [-0.3, -0.25) is 4.79 Å². The number of nitrogens with zero attached hydrogens (tertiary/aromatic N) is 6. The molecule has 2 N–H and O–H groups in total. The third-order valence-corrected chi connectivity index (χ3v) is 9.49. The molecule has 4 aromatic rings. The summed E-state index contributed by atoms with van der Waals surface area (Å²) in [6, 6.07) is 12.3. The molecular weight excluding hydrogens is 532 g/mol. The quantitative estimate of drug-likeness (QED) is 0.232. The van der Waals surface area contributed by atoms with Gasteiger partial charge < -0.3 is 20.3 Å². The average Bonchev–Trinajstić information content (AvgIpc) is 3.68. The highest BCUT2D eigenvalue weighted by molar-refractivity contribution is 7.93. The van der Waals surface area contributed by atoms with Crippen molar-refractivity contribution >= 4 is 43.9 Å². The van der Waals surface area contributed by atoms with Crippen LogP contribution in [0.1, 0.15) is 34.2 Å². The van der Waals surface area contributed by atoms with Gasteiger partial charge in [0, 0.05) is 18.0 Å². The minimum absolute atomic E-state index is 0.0749. The van der Waals surface area contributed by atoms with Crippen molar-refractivity contribution in [1.82, 2.24) is 35.4 Å². The van der Waals surface area contributed by atoms with E-state index >= 15 is 0 Å². The summed E-state index contributed by atoms with van der Waals surface area (Å²) in [6.07, 6.45) is 5.27. The number of nitrogens with one attached hydrogen (secondary N) is 2. The summed E-state index contributed by atoms with van der Waals surface area (Å²) in [4.78, 5) is 24.9. The molecule has 15 heteroatoms. The van der Waals surface area contributed by atoms with Crippen molar-refractivity contribution in [1.29, 1.82) is 0 Å². The number of fused-ring (bicyclic) bond motifs is 1. The van der Waals surface area contributed by atoms with Crippen LogP contribution in [0, 0.1) is 10.1 Å². The van der Waals surface area contributed by atoms with Crippen molar-refractivity contribution in [2.75, 3.05) is 18.8 Å². The molecule has 198 valence electrons. The molecule has 13 nitrogen and oxygen atoms in total. The van der Waals surface area contributed by atoms with Gasteiger partial charge in [0.15, 0.2) is 15.5 Å². The van der Waals surface area contributed by atoms with Gasteiger partial charge in [0.2, 0.25) is 0 Å². The molecule has 1 saturated heterocycles. The van der Waals surface area contributed by atoms with Crippen molar-refractivity contribution in [3.8, 4) is 0 Å². The number of sulfone groups is 1. The number of piperidine rings is 1. The molecule has 0 radical (unpaired) electrons. The molecule has 1 aliphatic rings. The maximum absolute atomic E-state index is 12.8. The van der Waals surface area contributed by atoms with Crippen molar-refractivity contribution in [3.63, 3.8) is 0 Å². The van der Waals surface area contributed by atoms with E-state index < -0.39 is 20.7 Å². The van der Waals surface area contributed by atoms with Gasteiger partial charge in [0.05, 0.1) is 29.9 Å². The van der Waals surface area contributed by atoms with E-state index in [1.807, 2.05) is 35.1 Å². The Morgan fingerprint density at radius 3 is 2.79 bits per heavy atom. The molecule has 0 spiro atoms. The number of H-pyrrole nitrogens is 1. The topological polar surface area (TPSA) is 169 Å². The first-order chi connectivity index (χ1) is 18.3. The Morgan fingerprint density at radius 1 is 1.24 bits per heavy atom. The lowest BCUT2D eigenvalue weighted by Crippen LogP contribution is -2.31. The summed E-state index contributed by atoms with van der Waals surface area (Å²) in [5, 5.41) is 27.6. The minimum atomic E-state index is -3.53. The number of rotatable bonds is 9. The molecule has 4 heterocycles. The molecule has 3 aromatic heterocycles. The van der Waals surface area contributed by atoms with Crippen LogP contribution in [0.25, 0.3) is 11.0 Å². The molecule has 1 aromatic carbocycles. The molecule has 0 bridgehead atoms. The number of para-hydroxylation sites is 1. The van der Waals surface area contributed by atoms with Gasteiger partial charge in [0.25, 0.3) is 5.91 Å². The number of likely N-dealkylation sites (tertiary alicyclic amines) is 1. The lowest BCUT2D eigenvalue weighted by molar-refractivity contribution is -0.389. The number of hydrogen-bond donors (Lipinski definition) is 2. The van der Waals surface area contributed by atoms with E-state index in [2.05, 4.69) is 30.7 Å². The number of carbonyl (C=O) groups excluding carboxylic acids is 1. The fourth-order valence-electron chi connectivity index (χ4n) is 4.24. The van der Waals surface area contributed by atoms with Gasteiger partial charge >= 0.3 is 5.82 Å². The van der Waals surface area contributed by atoms with E-state index in [4.69, 9.17) is 0 Å². The first-order valence-electron chi connectivity index (χ1n) is 11.8. The van der Waals surface area contributed by atoms with Gasteiger partial charge in [-0.1, -0.05) is 28.5 Å². The van der Waals surface area contributed by atoms with Crippen molar-refractivity contribution in [2.45, 2.75) is 29.6 Å². The van der Waals surface area contributed by atoms with Crippen molar-refractivity contribution in [2.24, 2.45) is 0 Å². The molecule has 5 rings (SSSR count). The zero-order valence-corrected chi connectivity index (χ0v) is 21.7. The molecule has 1 aliphatic heterocycles. The zero-order chi connectivity index (χ0) is 26.7. The van der Waals surface area contributed by atoms with E-state index in [-0.39, 0.29) is 34.1 Å².